The molecule has 0 amide bonds. The van der Waals surface area contributed by atoms with Crippen LogP contribution in [0.15, 0.2) is 150 Å². The number of pyridine rings is 2. The molecule has 8 rings (SSSR count). The molecule has 0 aliphatic heterocycles. The van der Waals surface area contributed by atoms with E-state index in [9.17, 15) is 27.1 Å². The number of thiazole rings is 2. The summed E-state index contributed by atoms with van der Waals surface area (Å²) in [6, 6.07) is 37.1. The second-order valence-corrected chi connectivity index (χ2v) is 19.9. The van der Waals surface area contributed by atoms with Gasteiger partial charge in [-0.25, -0.2) is 26.8 Å². The van der Waals surface area contributed by atoms with Gasteiger partial charge in [0.25, 0.3) is 0 Å². The van der Waals surface area contributed by atoms with Crippen molar-refractivity contribution in [3.8, 4) is 64.5 Å². The van der Waals surface area contributed by atoms with Gasteiger partial charge in [-0.05, 0) is 67.9 Å². The molecule has 298 valence electrons. The van der Waals surface area contributed by atoms with Crippen LogP contribution in [0.5, 0.6) is 0 Å². The SMILES string of the molecule is Cc1cccc(-c2nc(-c3ccc(S(C)(=O)=O)cc3)sc2-c2cc[n+]([O-])cc2)c1.Cc1cccc(-c2nc(-c3ccc(S(C)(=O)=O)cc3)sc2-c2ccnc(CO)c2)c1. The van der Waals surface area contributed by atoms with Crippen LogP contribution >= 0.6 is 22.7 Å². The number of aliphatic hydroxyl groups is 1. The molecule has 4 aromatic carbocycles. The number of hydrogen-bond donors (Lipinski definition) is 1. The highest BCUT2D eigenvalue weighted by Crippen LogP contribution is 2.42. The van der Waals surface area contributed by atoms with Crippen LogP contribution < -0.4 is 4.73 Å². The Morgan fingerprint density at radius 3 is 1.46 bits per heavy atom. The van der Waals surface area contributed by atoms with E-state index >= 15 is 0 Å². The molecule has 4 heterocycles. The topological polar surface area (TPSA) is 154 Å². The minimum Gasteiger partial charge on any atom is -0.619 e. The highest BCUT2D eigenvalue weighted by atomic mass is 32.2. The molecule has 0 fully saturated rings. The Kier molecular flexibility index (Phi) is 12.0. The third kappa shape index (κ3) is 9.70. The molecule has 0 spiro atoms. The maximum atomic E-state index is 11.8. The van der Waals surface area contributed by atoms with Crippen molar-refractivity contribution in [3.63, 3.8) is 0 Å². The number of nitrogens with zero attached hydrogens (tertiary/aromatic N) is 4. The summed E-state index contributed by atoms with van der Waals surface area (Å²) in [5.41, 5.74) is 10.1. The van der Waals surface area contributed by atoms with Crippen molar-refractivity contribution in [1.29, 1.82) is 0 Å². The molecular formula is C45H38N4O6S4. The molecule has 14 heteroatoms. The normalized spacial score (nSPS) is 11.5. The van der Waals surface area contributed by atoms with E-state index in [1.54, 1.807) is 66.9 Å². The summed E-state index contributed by atoms with van der Waals surface area (Å²) in [6.07, 6.45) is 7.01. The third-order valence-corrected chi connectivity index (χ3v) is 13.8. The van der Waals surface area contributed by atoms with Gasteiger partial charge in [0.2, 0.25) is 0 Å². The number of rotatable bonds is 9. The molecule has 0 aliphatic carbocycles. The fourth-order valence-electron chi connectivity index (χ4n) is 6.21. The Balaban J connectivity index is 0.000000179. The van der Waals surface area contributed by atoms with Gasteiger partial charge >= 0.3 is 0 Å². The van der Waals surface area contributed by atoms with Gasteiger partial charge in [-0.1, -0.05) is 71.8 Å². The van der Waals surface area contributed by atoms with Crippen molar-refractivity contribution in [3.05, 3.63) is 162 Å². The molecule has 10 nitrogen and oxygen atoms in total. The Bertz CT molecular complexity index is 3000. The molecule has 0 saturated heterocycles. The van der Waals surface area contributed by atoms with Gasteiger partial charge in [-0.15, -0.1) is 22.7 Å². The molecule has 0 atom stereocenters. The number of hydrogen-bond acceptors (Lipinski definition) is 11. The van der Waals surface area contributed by atoms with Crippen molar-refractivity contribution in [2.75, 3.05) is 12.5 Å². The summed E-state index contributed by atoms with van der Waals surface area (Å²) >= 11 is 3.04. The highest BCUT2D eigenvalue weighted by molar-refractivity contribution is 7.91. The van der Waals surface area contributed by atoms with Gasteiger partial charge in [-0.2, -0.15) is 4.73 Å². The van der Waals surface area contributed by atoms with Crippen LogP contribution in [0.3, 0.4) is 0 Å². The van der Waals surface area contributed by atoms with Crippen LogP contribution in [0.4, 0.5) is 0 Å². The van der Waals surface area contributed by atoms with E-state index in [2.05, 4.69) is 17.1 Å². The van der Waals surface area contributed by atoms with Gasteiger partial charge in [0.15, 0.2) is 32.1 Å². The van der Waals surface area contributed by atoms with Crippen molar-refractivity contribution in [1.82, 2.24) is 15.0 Å². The van der Waals surface area contributed by atoms with Gasteiger partial charge in [0, 0.05) is 58.7 Å². The van der Waals surface area contributed by atoms with E-state index in [0.717, 1.165) is 80.4 Å². The number of benzene rings is 4. The molecule has 0 radical (unpaired) electrons. The molecule has 0 saturated carbocycles. The van der Waals surface area contributed by atoms with E-state index < -0.39 is 19.7 Å². The summed E-state index contributed by atoms with van der Waals surface area (Å²) in [7, 11) is -6.50. The minimum absolute atomic E-state index is 0.133. The van der Waals surface area contributed by atoms with Gasteiger partial charge in [-0.3, -0.25) is 4.98 Å². The lowest BCUT2D eigenvalue weighted by molar-refractivity contribution is -0.605. The lowest BCUT2D eigenvalue weighted by Crippen LogP contribution is -2.23. The molecule has 0 unspecified atom stereocenters. The largest absolute Gasteiger partial charge is 0.619 e. The zero-order chi connectivity index (χ0) is 41.9. The van der Waals surface area contributed by atoms with E-state index in [4.69, 9.17) is 9.97 Å². The monoisotopic (exact) mass is 858 g/mol. The molecule has 0 bridgehead atoms. The zero-order valence-corrected chi connectivity index (χ0v) is 35.7. The van der Waals surface area contributed by atoms with E-state index in [1.807, 2.05) is 62.4 Å². The van der Waals surface area contributed by atoms with Crippen molar-refractivity contribution < 1.29 is 26.7 Å². The second kappa shape index (κ2) is 17.1. The Morgan fingerprint density at radius 1 is 0.576 bits per heavy atom. The maximum Gasteiger partial charge on any atom is 0.180 e. The van der Waals surface area contributed by atoms with Gasteiger partial charge in [0.05, 0.1) is 43.2 Å². The number of aromatic nitrogens is 4. The Morgan fingerprint density at radius 2 is 1.03 bits per heavy atom. The van der Waals surface area contributed by atoms with Crippen LogP contribution in [0, 0.1) is 19.1 Å². The standard InChI is InChI=1S/C23H20N2O3S2.C22H18N2O3S2/c1-15-4-3-5-17(12-15)21-22(18-10-11-24-19(13-18)14-26)29-23(25-21)16-6-8-20(9-7-16)30(2,27)28;1-15-4-3-5-18(14-15)20-21(16-10-12-24(25)13-11-16)28-22(23-20)17-6-8-19(9-7-17)29(2,26)27/h3-13,26H,14H2,1-2H3;3-14H,1-2H3. The Labute approximate surface area is 351 Å². The first-order valence-electron chi connectivity index (χ1n) is 18.2. The van der Waals surface area contributed by atoms with Gasteiger partial charge < -0.3 is 10.3 Å². The average molecular weight is 859 g/mol. The quantitative estimate of drug-likeness (QED) is 0.111. The first-order chi connectivity index (χ1) is 28.2. The van der Waals surface area contributed by atoms with Crippen molar-refractivity contribution in [2.24, 2.45) is 0 Å². The van der Waals surface area contributed by atoms with Crippen LogP contribution in [-0.4, -0.2) is 49.4 Å². The predicted molar refractivity (Wildman–Crippen MR) is 235 cm³/mol. The number of aliphatic hydroxyl groups excluding tert-OH is 1. The summed E-state index contributed by atoms with van der Waals surface area (Å²) in [6.45, 7) is 3.94. The van der Waals surface area contributed by atoms with E-state index in [0.29, 0.717) is 5.69 Å². The molecule has 1 N–H and O–H groups in total. The molecule has 4 aromatic heterocycles. The van der Waals surface area contributed by atoms with E-state index in [1.165, 1.54) is 47.6 Å². The Hall–Kier alpha value is -5.90. The van der Waals surface area contributed by atoms with E-state index in [-0.39, 0.29) is 16.4 Å². The second-order valence-electron chi connectivity index (χ2n) is 13.9. The van der Waals surface area contributed by atoms with Crippen LogP contribution in [0.1, 0.15) is 16.8 Å². The predicted octanol–water partition coefficient (Wildman–Crippen LogP) is 9.23. The van der Waals surface area contributed by atoms with Crippen molar-refractivity contribution >= 4 is 42.3 Å². The summed E-state index contributed by atoms with van der Waals surface area (Å²) in [4.78, 5) is 16.4. The molecular weight excluding hydrogens is 821 g/mol. The number of sulfone groups is 2. The lowest BCUT2D eigenvalue weighted by atomic mass is 10.0. The molecule has 8 aromatic rings. The smallest absolute Gasteiger partial charge is 0.180 e. The fourth-order valence-corrected chi connectivity index (χ4v) is 9.66. The first kappa shape index (κ1) is 41.3. The molecule has 59 heavy (non-hydrogen) atoms. The third-order valence-electron chi connectivity index (χ3n) is 9.20. The average Bonchev–Trinajstić information content (AvgIpc) is 3.88. The van der Waals surface area contributed by atoms with Crippen LogP contribution in [0.25, 0.3) is 64.5 Å². The van der Waals surface area contributed by atoms with Crippen molar-refractivity contribution in [2.45, 2.75) is 30.2 Å². The zero-order valence-electron chi connectivity index (χ0n) is 32.4. The van der Waals surface area contributed by atoms with Crippen LogP contribution in [0.2, 0.25) is 0 Å². The minimum atomic E-state index is -3.25. The summed E-state index contributed by atoms with van der Waals surface area (Å²) in [5, 5.41) is 22.5. The fraction of sp³-hybridized carbons (Fsp3) is 0.111. The van der Waals surface area contributed by atoms with Gasteiger partial charge in [0.1, 0.15) is 10.0 Å². The lowest BCUT2D eigenvalue weighted by Gasteiger charge is -2.05. The number of aryl methyl sites for hydroxylation is 2. The summed E-state index contributed by atoms with van der Waals surface area (Å²) < 4.78 is 47.7. The van der Waals surface area contributed by atoms with Crippen LogP contribution in [-0.2, 0) is 26.3 Å². The first-order valence-corrected chi connectivity index (χ1v) is 23.6. The molecule has 0 aliphatic rings. The highest BCUT2D eigenvalue weighted by Gasteiger charge is 2.19. The summed E-state index contributed by atoms with van der Waals surface area (Å²) in [5.74, 6) is 0. The maximum absolute atomic E-state index is 11.8.